The summed E-state index contributed by atoms with van der Waals surface area (Å²) < 4.78 is 16.9. The Kier molecular flexibility index (Phi) is 6.14. The van der Waals surface area contributed by atoms with E-state index < -0.39 is 52.6 Å². The molecule has 0 radical (unpaired) electrons. The first-order valence-electron chi connectivity index (χ1n) is 11.7. The zero-order valence-corrected chi connectivity index (χ0v) is 20.3. The number of ketones is 1. The van der Waals surface area contributed by atoms with Crippen LogP contribution in [-0.4, -0.2) is 66.5 Å². The molecule has 3 aliphatic carbocycles. The maximum absolute atomic E-state index is 13.8. The summed E-state index contributed by atoms with van der Waals surface area (Å²) in [6.07, 6.45) is 0.426. The van der Waals surface area contributed by atoms with Crippen molar-refractivity contribution in [2.75, 3.05) is 20.3 Å². The molecule has 1 saturated carbocycles. The number of allylic oxidation sites excluding steroid dienone is 1. The maximum atomic E-state index is 13.8. The van der Waals surface area contributed by atoms with Crippen LogP contribution in [0.4, 0.5) is 0 Å². The smallest absolute Gasteiger partial charge is 0.340 e. The summed E-state index contributed by atoms with van der Waals surface area (Å²) in [4.78, 5) is 38.9. The summed E-state index contributed by atoms with van der Waals surface area (Å²) in [7, 11) is 1.47. The molecule has 0 bridgehead atoms. The molecule has 6 atom stereocenters. The highest BCUT2D eigenvalue weighted by Gasteiger charge is 2.64. The maximum Gasteiger partial charge on any atom is 0.340 e. The average molecular weight is 476 g/mol. The van der Waals surface area contributed by atoms with E-state index in [0.717, 1.165) is 0 Å². The third kappa shape index (κ3) is 3.32. The zero-order chi connectivity index (χ0) is 25.0. The van der Waals surface area contributed by atoms with Gasteiger partial charge in [-0.2, -0.15) is 0 Å². The van der Waals surface area contributed by atoms with Gasteiger partial charge in [-0.15, -0.1) is 0 Å². The Morgan fingerprint density at radius 2 is 2.00 bits per heavy atom. The Hall–Kier alpha value is -2.65. The van der Waals surface area contributed by atoms with E-state index in [2.05, 4.69) is 5.32 Å². The number of methoxy groups -OCH3 is 1. The molecule has 186 valence electrons. The number of hydrogen-bond acceptors (Lipinski definition) is 9. The minimum atomic E-state index is -1.19. The van der Waals surface area contributed by atoms with Gasteiger partial charge < -0.3 is 29.7 Å². The second-order valence-corrected chi connectivity index (χ2v) is 10.0. The van der Waals surface area contributed by atoms with Crippen LogP contribution in [0.5, 0.6) is 0 Å². The first-order valence-corrected chi connectivity index (χ1v) is 11.7. The Bertz CT molecular complexity index is 1030. The van der Waals surface area contributed by atoms with E-state index in [9.17, 15) is 24.6 Å². The first-order chi connectivity index (χ1) is 16.0. The van der Waals surface area contributed by atoms with Gasteiger partial charge in [0.2, 0.25) is 5.78 Å². The largest absolute Gasteiger partial charge is 0.504 e. The van der Waals surface area contributed by atoms with Crippen molar-refractivity contribution < 1.29 is 38.8 Å². The van der Waals surface area contributed by atoms with Gasteiger partial charge in [-0.25, -0.2) is 4.79 Å². The standard InChI is InChI=1S/C25H33NO8/c1-6-26-10-13-19-22(30)21(29)18-14-7-8-16(28)24(14,3)9-15(33-12(2)27)20(18)25(19,4)17(11-32-5)34-23(13)31/h10,14-17,26,28,30H,6-9,11H2,1-5H3/b13-10-/t14-,15+,16-,17+,24-,25-/m0/s1. The molecular weight excluding hydrogens is 442 g/mol. The van der Waals surface area contributed by atoms with Gasteiger partial charge in [0.1, 0.15) is 12.2 Å². The van der Waals surface area contributed by atoms with Crippen LogP contribution in [0.25, 0.3) is 0 Å². The molecule has 2 fully saturated rings. The number of rotatable bonds is 5. The number of carbonyl (C=O) groups excluding carboxylic acids is 3. The van der Waals surface area contributed by atoms with Crippen molar-refractivity contribution in [3.63, 3.8) is 0 Å². The normalized spacial score (nSPS) is 38.4. The van der Waals surface area contributed by atoms with Crippen LogP contribution in [0.15, 0.2) is 34.3 Å². The number of hydrogen-bond donors (Lipinski definition) is 3. The fraction of sp³-hybridized carbons (Fsp3) is 0.640. The van der Waals surface area contributed by atoms with Crippen molar-refractivity contribution in [1.29, 1.82) is 0 Å². The quantitative estimate of drug-likeness (QED) is 0.403. The highest BCUT2D eigenvalue weighted by atomic mass is 16.6. The van der Waals surface area contributed by atoms with Crippen molar-refractivity contribution in [1.82, 2.24) is 5.32 Å². The first kappa shape index (κ1) is 24.5. The van der Waals surface area contributed by atoms with Gasteiger partial charge in [-0.05, 0) is 44.6 Å². The number of Topliss-reactive ketones (excluding diaryl/α,β-unsaturated/α-hetero) is 1. The molecule has 9 heteroatoms. The van der Waals surface area contributed by atoms with Crippen LogP contribution in [0.2, 0.25) is 0 Å². The van der Waals surface area contributed by atoms with Crippen LogP contribution in [0.1, 0.15) is 47.0 Å². The number of esters is 2. The predicted molar refractivity (Wildman–Crippen MR) is 120 cm³/mol. The van der Waals surface area contributed by atoms with Gasteiger partial charge in [0.05, 0.1) is 23.7 Å². The summed E-state index contributed by atoms with van der Waals surface area (Å²) in [5.74, 6) is -2.66. The van der Waals surface area contributed by atoms with Crippen LogP contribution in [0.3, 0.4) is 0 Å². The highest BCUT2D eigenvalue weighted by molar-refractivity contribution is 6.13. The third-order valence-corrected chi connectivity index (χ3v) is 8.11. The number of cyclic esters (lactones) is 1. The Balaban J connectivity index is 2.02. The fourth-order valence-corrected chi connectivity index (χ4v) is 6.49. The minimum absolute atomic E-state index is 0.00975. The molecule has 0 aromatic heterocycles. The molecule has 3 N–H and O–H groups in total. The van der Waals surface area contributed by atoms with Crippen LogP contribution in [0, 0.1) is 16.7 Å². The predicted octanol–water partition coefficient (Wildman–Crippen LogP) is 1.86. The van der Waals surface area contributed by atoms with Gasteiger partial charge >= 0.3 is 11.9 Å². The molecule has 1 heterocycles. The van der Waals surface area contributed by atoms with Crippen molar-refractivity contribution in [2.24, 2.45) is 16.7 Å². The molecule has 0 amide bonds. The summed E-state index contributed by atoms with van der Waals surface area (Å²) >= 11 is 0. The number of fused-ring (bicyclic) bond motifs is 4. The van der Waals surface area contributed by atoms with Gasteiger partial charge in [0, 0.05) is 43.3 Å². The molecule has 34 heavy (non-hydrogen) atoms. The summed E-state index contributed by atoms with van der Waals surface area (Å²) in [6, 6.07) is 0. The van der Waals surface area contributed by atoms with Gasteiger partial charge in [0.25, 0.3) is 0 Å². The molecule has 4 rings (SSSR count). The van der Waals surface area contributed by atoms with Crippen LogP contribution >= 0.6 is 0 Å². The Morgan fingerprint density at radius 3 is 2.62 bits per heavy atom. The summed E-state index contributed by atoms with van der Waals surface area (Å²) in [5, 5.41) is 25.1. The molecule has 0 aromatic carbocycles. The molecule has 9 nitrogen and oxygen atoms in total. The number of ether oxygens (including phenoxy) is 3. The molecule has 0 spiro atoms. The van der Waals surface area contributed by atoms with Crippen LogP contribution < -0.4 is 5.32 Å². The van der Waals surface area contributed by atoms with E-state index in [4.69, 9.17) is 14.2 Å². The molecular formula is C25H33NO8. The number of aliphatic hydroxyl groups excluding tert-OH is 2. The van der Waals surface area contributed by atoms with E-state index in [1.54, 1.807) is 6.92 Å². The lowest BCUT2D eigenvalue weighted by atomic mass is 9.53. The van der Waals surface area contributed by atoms with Gasteiger partial charge in [-0.3, -0.25) is 9.59 Å². The van der Waals surface area contributed by atoms with Crippen molar-refractivity contribution >= 4 is 17.7 Å². The second kappa shape index (κ2) is 8.53. The van der Waals surface area contributed by atoms with Gasteiger partial charge in [-0.1, -0.05) is 6.92 Å². The average Bonchev–Trinajstić information content (AvgIpc) is 3.06. The zero-order valence-electron chi connectivity index (χ0n) is 20.3. The molecule has 0 unspecified atom stereocenters. The molecule has 0 aromatic rings. The van der Waals surface area contributed by atoms with Crippen molar-refractivity contribution in [3.8, 4) is 0 Å². The van der Waals surface area contributed by atoms with E-state index in [1.165, 1.54) is 20.2 Å². The second-order valence-electron chi connectivity index (χ2n) is 10.0. The molecule has 1 saturated heterocycles. The van der Waals surface area contributed by atoms with E-state index in [0.29, 0.717) is 37.0 Å². The third-order valence-electron chi connectivity index (χ3n) is 8.11. The Morgan fingerprint density at radius 1 is 1.29 bits per heavy atom. The lowest BCUT2D eigenvalue weighted by Gasteiger charge is -2.54. The van der Waals surface area contributed by atoms with Crippen LogP contribution in [-0.2, 0) is 28.6 Å². The van der Waals surface area contributed by atoms with E-state index >= 15 is 0 Å². The van der Waals surface area contributed by atoms with Crippen molar-refractivity contribution in [2.45, 2.75) is 65.3 Å². The minimum Gasteiger partial charge on any atom is -0.504 e. The van der Waals surface area contributed by atoms with Crippen molar-refractivity contribution in [3.05, 3.63) is 34.3 Å². The topological polar surface area (TPSA) is 131 Å². The summed E-state index contributed by atoms with van der Waals surface area (Å²) in [5.41, 5.74) is -0.817. The fourth-order valence-electron chi connectivity index (χ4n) is 6.49. The number of carbonyl (C=O) groups is 3. The number of aliphatic hydroxyl groups is 2. The van der Waals surface area contributed by atoms with Gasteiger partial charge in [0.15, 0.2) is 5.76 Å². The van der Waals surface area contributed by atoms with E-state index in [1.807, 2.05) is 13.8 Å². The lowest BCUT2D eigenvalue weighted by Crippen LogP contribution is -2.57. The molecule has 1 aliphatic heterocycles. The highest BCUT2D eigenvalue weighted by Crippen LogP contribution is 2.63. The monoisotopic (exact) mass is 475 g/mol. The molecule has 4 aliphatic rings. The lowest BCUT2D eigenvalue weighted by molar-refractivity contribution is -0.160. The van der Waals surface area contributed by atoms with E-state index in [-0.39, 0.29) is 23.7 Å². The Labute approximate surface area is 198 Å². The SMILES string of the molecule is CCN/C=C1\C(=O)O[C@H](COC)[C@@]2(C)C1=C(O)C(=O)C1=C2[C@H](OC(C)=O)C[C@]2(C)[C@@H](O)CC[C@@H]12. The summed E-state index contributed by atoms with van der Waals surface area (Å²) in [6.45, 7) is 7.36. The number of nitrogens with one attached hydrogen (secondary N) is 1.